The molecule has 6 nitrogen and oxygen atoms in total. The molecule has 27 heavy (non-hydrogen) atoms. The van der Waals surface area contributed by atoms with Crippen LogP contribution in [0.2, 0.25) is 0 Å². The molecule has 144 valence electrons. The first kappa shape index (κ1) is 19.5. The van der Waals surface area contributed by atoms with Crippen molar-refractivity contribution in [3.63, 3.8) is 0 Å². The van der Waals surface area contributed by atoms with Crippen molar-refractivity contribution in [2.45, 2.75) is 33.2 Å². The Morgan fingerprint density at radius 1 is 1.41 bits per heavy atom. The highest BCUT2D eigenvalue weighted by Crippen LogP contribution is 2.32. The molecule has 1 unspecified atom stereocenters. The molecule has 1 fully saturated rings. The number of aryl methyl sites for hydroxylation is 2. The van der Waals surface area contributed by atoms with Crippen LogP contribution in [0.4, 0.5) is 10.8 Å². The third kappa shape index (κ3) is 4.36. The molecule has 2 amide bonds. The number of carbonyl (C=O) groups is 2. The van der Waals surface area contributed by atoms with Crippen molar-refractivity contribution >= 4 is 34.0 Å². The Labute approximate surface area is 164 Å². The van der Waals surface area contributed by atoms with Gasteiger partial charge in [-0.3, -0.25) is 9.59 Å². The van der Waals surface area contributed by atoms with Crippen LogP contribution in [-0.2, 0) is 22.6 Å². The van der Waals surface area contributed by atoms with Gasteiger partial charge in [0.2, 0.25) is 11.8 Å². The summed E-state index contributed by atoms with van der Waals surface area (Å²) in [7, 11) is 3.96. The van der Waals surface area contributed by atoms with Crippen LogP contribution in [0.15, 0.2) is 23.6 Å². The predicted molar refractivity (Wildman–Crippen MR) is 109 cm³/mol. The fourth-order valence-corrected chi connectivity index (χ4v) is 4.16. The topological polar surface area (TPSA) is 65.5 Å². The van der Waals surface area contributed by atoms with Gasteiger partial charge in [0.1, 0.15) is 0 Å². The molecule has 1 saturated heterocycles. The summed E-state index contributed by atoms with van der Waals surface area (Å²) in [6, 6.07) is 6.07. The summed E-state index contributed by atoms with van der Waals surface area (Å²) in [5.74, 6) is -0.488. The molecule has 1 aromatic carbocycles. The molecule has 1 atom stereocenters. The second kappa shape index (κ2) is 8.19. The van der Waals surface area contributed by atoms with Gasteiger partial charge in [-0.1, -0.05) is 25.1 Å². The van der Waals surface area contributed by atoms with E-state index in [4.69, 9.17) is 0 Å². The summed E-state index contributed by atoms with van der Waals surface area (Å²) in [6.45, 7) is 5.24. The molecule has 0 radical (unpaired) electrons. The zero-order chi connectivity index (χ0) is 19.6. The van der Waals surface area contributed by atoms with E-state index in [-0.39, 0.29) is 24.2 Å². The Balaban J connectivity index is 1.70. The van der Waals surface area contributed by atoms with E-state index in [0.717, 1.165) is 35.5 Å². The average Bonchev–Trinajstić information content (AvgIpc) is 3.20. The van der Waals surface area contributed by atoms with Gasteiger partial charge < -0.3 is 15.1 Å². The number of aromatic nitrogens is 1. The zero-order valence-corrected chi connectivity index (χ0v) is 17.1. The van der Waals surface area contributed by atoms with Crippen LogP contribution in [0, 0.1) is 12.8 Å². The lowest BCUT2D eigenvalue weighted by Crippen LogP contribution is -2.29. The Kier molecular flexibility index (Phi) is 5.92. The lowest BCUT2D eigenvalue weighted by molar-refractivity contribution is -0.122. The van der Waals surface area contributed by atoms with Crippen molar-refractivity contribution in [1.82, 2.24) is 9.88 Å². The van der Waals surface area contributed by atoms with Crippen LogP contribution in [0.5, 0.6) is 0 Å². The van der Waals surface area contributed by atoms with Crippen LogP contribution in [0.3, 0.4) is 0 Å². The molecule has 2 aromatic rings. The molecule has 0 aliphatic carbocycles. The average molecular weight is 387 g/mol. The molecule has 0 spiro atoms. The number of amides is 2. The predicted octanol–water partition coefficient (Wildman–Crippen LogP) is 3.07. The van der Waals surface area contributed by atoms with Gasteiger partial charge in [-0.05, 0) is 38.6 Å². The van der Waals surface area contributed by atoms with Gasteiger partial charge in [-0.25, -0.2) is 4.98 Å². The van der Waals surface area contributed by atoms with Crippen molar-refractivity contribution in [3.05, 3.63) is 40.4 Å². The molecule has 1 aliphatic heterocycles. The minimum absolute atomic E-state index is 0.00610. The molecule has 1 aliphatic rings. The Morgan fingerprint density at radius 3 is 2.89 bits per heavy atom. The molecular weight excluding hydrogens is 360 g/mol. The summed E-state index contributed by atoms with van der Waals surface area (Å²) in [4.78, 5) is 33.5. The van der Waals surface area contributed by atoms with E-state index >= 15 is 0 Å². The lowest BCUT2D eigenvalue weighted by atomic mass is 10.0. The van der Waals surface area contributed by atoms with Crippen LogP contribution in [0.25, 0.3) is 0 Å². The van der Waals surface area contributed by atoms with Gasteiger partial charge in [0.05, 0.1) is 11.6 Å². The number of hydrogen-bond acceptors (Lipinski definition) is 5. The van der Waals surface area contributed by atoms with Crippen molar-refractivity contribution in [2.24, 2.45) is 5.92 Å². The molecule has 2 heterocycles. The fraction of sp³-hybridized carbons (Fsp3) is 0.450. The molecule has 0 saturated carbocycles. The van der Waals surface area contributed by atoms with Gasteiger partial charge in [0, 0.05) is 30.6 Å². The number of para-hydroxylation sites is 1. The van der Waals surface area contributed by atoms with E-state index in [1.165, 1.54) is 11.3 Å². The van der Waals surface area contributed by atoms with Gasteiger partial charge in [0.15, 0.2) is 5.13 Å². The maximum Gasteiger partial charge on any atom is 0.231 e. The molecule has 7 heteroatoms. The molecular formula is C20H26N4O2S. The number of hydrogen-bond donors (Lipinski definition) is 1. The minimum atomic E-state index is -0.358. The molecule has 1 aromatic heterocycles. The summed E-state index contributed by atoms with van der Waals surface area (Å²) in [5.41, 5.74) is 4.09. The van der Waals surface area contributed by atoms with Crippen molar-refractivity contribution in [2.75, 3.05) is 30.9 Å². The maximum atomic E-state index is 12.7. The van der Waals surface area contributed by atoms with E-state index < -0.39 is 0 Å². The third-order valence-corrected chi connectivity index (χ3v) is 5.53. The SMILES string of the molecule is CCc1cccc(C)c1N1CC(C(=O)Nc2nc(CN(C)C)cs2)CC1=O. The quantitative estimate of drug-likeness (QED) is 0.829. The highest BCUT2D eigenvalue weighted by atomic mass is 32.1. The number of nitrogens with zero attached hydrogens (tertiary/aromatic N) is 3. The number of rotatable bonds is 6. The van der Waals surface area contributed by atoms with Gasteiger partial charge in [-0.2, -0.15) is 0 Å². The van der Waals surface area contributed by atoms with Crippen LogP contribution < -0.4 is 10.2 Å². The van der Waals surface area contributed by atoms with Crippen LogP contribution in [0.1, 0.15) is 30.2 Å². The van der Waals surface area contributed by atoms with E-state index in [0.29, 0.717) is 11.7 Å². The fourth-order valence-electron chi connectivity index (χ4n) is 3.46. The van der Waals surface area contributed by atoms with Gasteiger partial charge >= 0.3 is 0 Å². The highest BCUT2D eigenvalue weighted by Gasteiger charge is 2.36. The summed E-state index contributed by atoms with van der Waals surface area (Å²) in [5, 5.41) is 5.42. The van der Waals surface area contributed by atoms with Crippen LogP contribution >= 0.6 is 11.3 Å². The lowest BCUT2D eigenvalue weighted by Gasteiger charge is -2.22. The first-order valence-corrected chi connectivity index (χ1v) is 10.1. The van der Waals surface area contributed by atoms with Crippen molar-refractivity contribution in [3.8, 4) is 0 Å². The van der Waals surface area contributed by atoms with E-state index in [9.17, 15) is 9.59 Å². The summed E-state index contributed by atoms with van der Waals surface area (Å²) < 4.78 is 0. The number of carbonyl (C=O) groups excluding carboxylic acids is 2. The third-order valence-electron chi connectivity index (χ3n) is 4.73. The normalized spacial score (nSPS) is 17.0. The monoisotopic (exact) mass is 386 g/mol. The molecule has 3 rings (SSSR count). The summed E-state index contributed by atoms with van der Waals surface area (Å²) in [6.07, 6.45) is 1.09. The Hall–Kier alpha value is -2.25. The number of benzene rings is 1. The van der Waals surface area contributed by atoms with E-state index in [2.05, 4.69) is 17.2 Å². The standard InChI is InChI=1S/C20H26N4O2S/c1-5-14-8-6-7-13(2)18(14)24-10-15(9-17(24)25)19(26)22-20-21-16(12-27-20)11-23(3)4/h6-8,12,15H,5,9-11H2,1-4H3,(H,21,22,26). The number of anilines is 2. The first-order chi connectivity index (χ1) is 12.9. The highest BCUT2D eigenvalue weighted by molar-refractivity contribution is 7.13. The minimum Gasteiger partial charge on any atom is -0.311 e. The molecule has 0 bridgehead atoms. The second-order valence-corrected chi connectivity index (χ2v) is 8.07. The molecule has 1 N–H and O–H groups in total. The van der Waals surface area contributed by atoms with Gasteiger partial charge in [-0.15, -0.1) is 11.3 Å². The van der Waals surface area contributed by atoms with Crippen molar-refractivity contribution in [1.29, 1.82) is 0 Å². The number of thiazole rings is 1. The zero-order valence-electron chi connectivity index (χ0n) is 16.3. The van der Waals surface area contributed by atoms with Crippen molar-refractivity contribution < 1.29 is 9.59 Å². The second-order valence-electron chi connectivity index (χ2n) is 7.21. The largest absolute Gasteiger partial charge is 0.311 e. The van der Waals surface area contributed by atoms with Crippen LogP contribution in [-0.4, -0.2) is 42.3 Å². The van der Waals surface area contributed by atoms with E-state index in [1.807, 2.05) is 49.5 Å². The first-order valence-electron chi connectivity index (χ1n) is 9.18. The van der Waals surface area contributed by atoms with E-state index in [1.54, 1.807) is 4.90 Å². The number of nitrogens with one attached hydrogen (secondary N) is 1. The Bertz CT molecular complexity index is 846. The van der Waals surface area contributed by atoms with Gasteiger partial charge in [0.25, 0.3) is 0 Å². The Morgan fingerprint density at radius 2 is 2.19 bits per heavy atom. The maximum absolute atomic E-state index is 12.7. The smallest absolute Gasteiger partial charge is 0.231 e. The summed E-state index contributed by atoms with van der Waals surface area (Å²) >= 11 is 1.42.